The van der Waals surface area contributed by atoms with Crippen molar-refractivity contribution in [1.82, 2.24) is 20.4 Å². The molecule has 0 spiro atoms. The molecule has 2 aliphatic rings. The molecule has 2 bridgehead atoms. The zero-order valence-corrected chi connectivity index (χ0v) is 21.3. The number of nitro benzene ring substituents is 1. The molecule has 1 fully saturated rings. The Kier molecular flexibility index (Phi) is 7.92. The molecule has 40 heavy (non-hydrogen) atoms. The number of benzene rings is 2. The van der Waals surface area contributed by atoms with Crippen LogP contribution < -0.4 is 14.8 Å². The van der Waals surface area contributed by atoms with Gasteiger partial charge in [-0.3, -0.25) is 19.8 Å². The van der Waals surface area contributed by atoms with Crippen molar-refractivity contribution in [1.29, 1.82) is 0 Å². The Bertz CT molecular complexity index is 1460. The Hall–Kier alpha value is -4.91. The van der Waals surface area contributed by atoms with Gasteiger partial charge in [0, 0.05) is 25.2 Å². The van der Waals surface area contributed by atoms with Crippen LogP contribution in [-0.4, -0.2) is 57.4 Å². The van der Waals surface area contributed by atoms with Crippen LogP contribution in [0.3, 0.4) is 0 Å². The average molecular weight is 548 g/mol. The summed E-state index contributed by atoms with van der Waals surface area (Å²) in [5.41, 5.74) is 0.397. The lowest BCUT2D eigenvalue weighted by Crippen LogP contribution is -2.35. The number of carbonyl (C=O) groups excluding carboxylic acids is 3. The highest BCUT2D eigenvalue weighted by Gasteiger charge is 2.33. The van der Waals surface area contributed by atoms with Crippen molar-refractivity contribution in [2.75, 3.05) is 19.6 Å². The quantitative estimate of drug-likeness (QED) is 0.190. The summed E-state index contributed by atoms with van der Waals surface area (Å²) in [6.07, 6.45) is 4.43. The maximum atomic E-state index is 12.7. The molecule has 0 unspecified atom stereocenters. The third kappa shape index (κ3) is 6.21. The van der Waals surface area contributed by atoms with Gasteiger partial charge in [-0.2, -0.15) is 4.98 Å². The fourth-order valence-electron chi connectivity index (χ4n) is 4.66. The first-order valence-electron chi connectivity index (χ1n) is 12.7. The van der Waals surface area contributed by atoms with Gasteiger partial charge >= 0.3 is 17.6 Å². The number of aromatic nitrogens is 2. The zero-order valence-electron chi connectivity index (χ0n) is 21.3. The summed E-state index contributed by atoms with van der Waals surface area (Å²) >= 11 is 0. The van der Waals surface area contributed by atoms with E-state index in [0.29, 0.717) is 12.5 Å². The Balaban J connectivity index is 1.20. The highest BCUT2D eigenvalue weighted by atomic mass is 16.6. The molecule has 1 saturated heterocycles. The van der Waals surface area contributed by atoms with E-state index in [1.165, 1.54) is 11.6 Å². The molecular weight excluding hydrogens is 522 g/mol. The average Bonchev–Trinajstić information content (AvgIpc) is 3.44. The number of esters is 2. The third-order valence-electron chi connectivity index (χ3n) is 6.70. The van der Waals surface area contributed by atoms with Crippen LogP contribution in [0.4, 0.5) is 5.69 Å². The molecule has 2 aromatic carbocycles. The fraction of sp³-hybridized carbons (Fsp3) is 0.296. The van der Waals surface area contributed by atoms with Gasteiger partial charge in [-0.1, -0.05) is 35.5 Å². The first-order chi connectivity index (χ1) is 19.4. The molecule has 0 aliphatic carbocycles. The number of carbonyl (C=O) groups is 3. The van der Waals surface area contributed by atoms with E-state index in [1.54, 1.807) is 0 Å². The van der Waals surface area contributed by atoms with E-state index >= 15 is 0 Å². The fourth-order valence-corrected chi connectivity index (χ4v) is 4.66. The minimum Gasteiger partial charge on any atom is -0.416 e. The summed E-state index contributed by atoms with van der Waals surface area (Å²) in [5.74, 6) is -3.70. The standard InChI is InChI=1S/C27H25N5O8/c33-21-8-9-22(34)39-24-19(6-7-20(38-21)23(24)32(36)37)27-29-25(30-40-27)26(35)28-13-10-17-11-14-31(15-12-17)16-18-4-2-1-3-5-18/h1-9,17H,10-16H2,(H,28,35)/b9-8+. The maximum Gasteiger partial charge on any atom is 0.354 e. The van der Waals surface area contributed by atoms with Gasteiger partial charge in [0.15, 0.2) is 0 Å². The Morgan fingerprint density at radius 1 is 1.05 bits per heavy atom. The number of hydrogen-bond donors (Lipinski definition) is 1. The number of rotatable bonds is 8. The van der Waals surface area contributed by atoms with E-state index in [0.717, 1.165) is 57.1 Å². The van der Waals surface area contributed by atoms with Crippen molar-refractivity contribution in [3.63, 3.8) is 0 Å². The van der Waals surface area contributed by atoms with Crippen molar-refractivity contribution >= 4 is 23.5 Å². The molecular formula is C27H25N5O8. The van der Waals surface area contributed by atoms with Crippen molar-refractivity contribution in [3.05, 3.63) is 76.1 Å². The van der Waals surface area contributed by atoms with Gasteiger partial charge in [0.2, 0.25) is 11.5 Å². The van der Waals surface area contributed by atoms with Gasteiger partial charge in [0.1, 0.15) is 0 Å². The van der Waals surface area contributed by atoms with Crippen LogP contribution in [0.5, 0.6) is 11.5 Å². The van der Waals surface area contributed by atoms with Crippen LogP contribution in [0.25, 0.3) is 11.5 Å². The highest BCUT2D eigenvalue weighted by molar-refractivity contribution is 5.96. The van der Waals surface area contributed by atoms with Gasteiger partial charge in [-0.25, -0.2) is 9.59 Å². The van der Waals surface area contributed by atoms with Crippen molar-refractivity contribution in [2.24, 2.45) is 5.92 Å². The number of piperidine rings is 1. The lowest BCUT2D eigenvalue weighted by molar-refractivity contribution is -0.386. The Morgan fingerprint density at radius 3 is 2.50 bits per heavy atom. The monoisotopic (exact) mass is 547 g/mol. The summed E-state index contributed by atoms with van der Waals surface area (Å²) < 4.78 is 15.2. The molecule has 3 aromatic rings. The van der Waals surface area contributed by atoms with E-state index in [2.05, 4.69) is 32.5 Å². The number of likely N-dealkylation sites (tertiary alicyclic amines) is 1. The van der Waals surface area contributed by atoms with Gasteiger partial charge in [-0.15, -0.1) is 0 Å². The van der Waals surface area contributed by atoms with Crippen LogP contribution in [0.15, 0.2) is 59.1 Å². The molecule has 1 N–H and O–H groups in total. The summed E-state index contributed by atoms with van der Waals surface area (Å²) in [6, 6.07) is 12.7. The number of nitro groups is 1. The number of nitrogens with one attached hydrogen (secondary N) is 1. The second kappa shape index (κ2) is 11.9. The predicted octanol–water partition coefficient (Wildman–Crippen LogP) is 3.06. The summed E-state index contributed by atoms with van der Waals surface area (Å²) in [6.45, 7) is 3.34. The zero-order chi connectivity index (χ0) is 28.1. The normalized spacial score (nSPS) is 16.7. The molecule has 0 saturated carbocycles. The summed E-state index contributed by atoms with van der Waals surface area (Å²) in [7, 11) is 0. The van der Waals surface area contributed by atoms with Gasteiger partial charge in [0.25, 0.3) is 17.6 Å². The van der Waals surface area contributed by atoms with Crippen molar-refractivity contribution < 1.29 is 33.3 Å². The number of nitrogens with zero attached hydrogens (tertiary/aromatic N) is 4. The van der Waals surface area contributed by atoms with Crippen molar-refractivity contribution in [3.8, 4) is 23.0 Å². The second-order valence-electron chi connectivity index (χ2n) is 9.39. The summed E-state index contributed by atoms with van der Waals surface area (Å²) in [5, 5.41) is 18.2. The van der Waals surface area contributed by atoms with Crippen LogP contribution in [0, 0.1) is 16.0 Å². The molecule has 13 heteroatoms. The van der Waals surface area contributed by atoms with Crippen LogP contribution in [-0.2, 0) is 16.1 Å². The Labute approximate surface area is 227 Å². The largest absolute Gasteiger partial charge is 0.416 e. The maximum absolute atomic E-state index is 12.7. The SMILES string of the molecule is O=C1/C=C/C(=O)Oc2c(-c3nc(C(=O)NCCC4CCN(Cc5ccccc5)CC4)no3)ccc(c2[N+](=O)[O-])O1. The summed E-state index contributed by atoms with van der Waals surface area (Å²) in [4.78, 5) is 53.9. The molecule has 2 aliphatic heterocycles. The highest BCUT2D eigenvalue weighted by Crippen LogP contribution is 2.44. The number of fused-ring (bicyclic) bond motifs is 2. The number of amides is 1. The lowest BCUT2D eigenvalue weighted by Gasteiger charge is -2.32. The minimum atomic E-state index is -1.05. The molecule has 0 radical (unpaired) electrons. The van der Waals surface area contributed by atoms with E-state index in [9.17, 15) is 24.5 Å². The lowest BCUT2D eigenvalue weighted by atomic mass is 9.93. The molecule has 206 valence electrons. The minimum absolute atomic E-state index is 0.121. The first kappa shape index (κ1) is 26.7. The first-order valence-corrected chi connectivity index (χ1v) is 12.7. The predicted molar refractivity (Wildman–Crippen MR) is 138 cm³/mol. The van der Waals surface area contributed by atoms with Crippen LogP contribution in [0.2, 0.25) is 0 Å². The van der Waals surface area contributed by atoms with E-state index in [-0.39, 0.29) is 17.3 Å². The molecule has 5 rings (SSSR count). The Morgan fingerprint density at radius 2 is 1.77 bits per heavy atom. The van der Waals surface area contributed by atoms with E-state index in [1.807, 2.05) is 18.2 Å². The molecule has 13 nitrogen and oxygen atoms in total. The second-order valence-corrected chi connectivity index (χ2v) is 9.39. The van der Waals surface area contributed by atoms with Crippen LogP contribution >= 0.6 is 0 Å². The van der Waals surface area contributed by atoms with Crippen molar-refractivity contribution in [2.45, 2.75) is 25.8 Å². The molecule has 3 heterocycles. The third-order valence-corrected chi connectivity index (χ3v) is 6.70. The molecule has 1 amide bonds. The molecule has 0 atom stereocenters. The van der Waals surface area contributed by atoms with Gasteiger partial charge in [-0.05, 0) is 56.0 Å². The van der Waals surface area contributed by atoms with E-state index < -0.39 is 40.0 Å². The van der Waals surface area contributed by atoms with Gasteiger partial charge in [0.05, 0.1) is 10.5 Å². The van der Waals surface area contributed by atoms with E-state index in [4.69, 9.17) is 14.0 Å². The smallest absolute Gasteiger partial charge is 0.354 e. The molecule has 1 aromatic heterocycles. The van der Waals surface area contributed by atoms with Crippen LogP contribution in [0.1, 0.15) is 35.4 Å². The topological polar surface area (TPSA) is 167 Å². The number of ether oxygens (including phenoxy) is 2. The number of hydrogen-bond acceptors (Lipinski definition) is 11. The van der Waals surface area contributed by atoms with Gasteiger partial charge < -0.3 is 19.3 Å².